The van der Waals surface area contributed by atoms with Crippen LogP contribution in [0.25, 0.3) is 33.4 Å². The van der Waals surface area contributed by atoms with Crippen LogP contribution in [0.2, 0.25) is 0 Å². The van der Waals surface area contributed by atoms with Gasteiger partial charge < -0.3 is 9.80 Å². The molecule has 0 atom stereocenters. The Hall–Kier alpha value is -4.18. The number of carbonyl (C=O) groups is 2. The van der Waals surface area contributed by atoms with Crippen molar-refractivity contribution in [1.29, 1.82) is 0 Å². The summed E-state index contributed by atoms with van der Waals surface area (Å²) in [5.74, 6) is 0.292. The minimum Gasteiger partial charge on any atom is -0.312 e. The molecule has 0 N–H and O–H groups in total. The van der Waals surface area contributed by atoms with Crippen molar-refractivity contribution in [2.75, 3.05) is 22.9 Å². The van der Waals surface area contributed by atoms with Gasteiger partial charge in [-0.3, -0.25) is 9.59 Å². The van der Waals surface area contributed by atoms with Gasteiger partial charge in [0.25, 0.3) is 0 Å². The van der Waals surface area contributed by atoms with E-state index in [1.807, 2.05) is 15.9 Å². The highest BCUT2D eigenvalue weighted by Gasteiger charge is 2.28. The summed E-state index contributed by atoms with van der Waals surface area (Å²) in [6.45, 7) is 28.9. The third kappa shape index (κ3) is 7.92. The zero-order chi connectivity index (χ0) is 38.0. The zero-order valence-electron chi connectivity index (χ0n) is 33.9. The van der Waals surface area contributed by atoms with Gasteiger partial charge in [-0.1, -0.05) is 119 Å². The molecule has 2 aliphatic rings. The van der Waals surface area contributed by atoms with E-state index in [1.54, 1.807) is 0 Å². The summed E-state index contributed by atoms with van der Waals surface area (Å²) in [5.41, 5.74) is 13.7. The molecule has 0 aliphatic carbocycles. The molecule has 0 unspecified atom stereocenters. The molecule has 4 aromatic rings. The summed E-state index contributed by atoms with van der Waals surface area (Å²) in [6, 6.07) is 27.6. The van der Waals surface area contributed by atoms with E-state index in [2.05, 4.69) is 150 Å². The van der Waals surface area contributed by atoms with Gasteiger partial charge in [0.2, 0.25) is 11.8 Å². The van der Waals surface area contributed by atoms with E-state index in [9.17, 15) is 9.59 Å². The van der Waals surface area contributed by atoms with Crippen molar-refractivity contribution in [1.82, 2.24) is 0 Å². The highest BCUT2D eigenvalue weighted by molar-refractivity contribution is 6.00. The quantitative estimate of drug-likeness (QED) is 0.208. The number of nitrogens with zero attached hydrogens (tertiary/aromatic N) is 2. The average molecular weight is 697 g/mol. The van der Waals surface area contributed by atoms with Crippen LogP contribution in [0.1, 0.15) is 131 Å². The van der Waals surface area contributed by atoms with Crippen LogP contribution >= 0.6 is 0 Å². The van der Waals surface area contributed by atoms with Gasteiger partial charge in [0.1, 0.15) is 0 Å². The molecular weight excluding hydrogens is 637 g/mol. The molecule has 0 radical (unpaired) electrons. The number of hydrogen-bond acceptors (Lipinski definition) is 2. The Kier molecular flexibility index (Phi) is 9.64. The molecule has 2 amide bonds. The van der Waals surface area contributed by atoms with Crippen LogP contribution in [0.3, 0.4) is 0 Å². The monoisotopic (exact) mass is 696 g/mol. The van der Waals surface area contributed by atoms with Crippen LogP contribution in [0.15, 0.2) is 72.8 Å². The molecule has 2 saturated heterocycles. The third-order valence-electron chi connectivity index (χ3n) is 10.9. The maximum Gasteiger partial charge on any atom is 0.227 e. The maximum absolute atomic E-state index is 13.1. The van der Waals surface area contributed by atoms with Crippen LogP contribution in [0.5, 0.6) is 0 Å². The molecule has 2 aliphatic heterocycles. The molecule has 2 fully saturated rings. The summed E-state index contributed by atoms with van der Waals surface area (Å²) in [6.07, 6.45) is 2.81. The predicted octanol–water partition coefficient (Wildman–Crippen LogP) is 12.1. The summed E-state index contributed by atoms with van der Waals surface area (Å²) in [7, 11) is 0. The fraction of sp³-hybridized carbons (Fsp3) is 0.458. The molecule has 0 bridgehead atoms. The van der Waals surface area contributed by atoms with Crippen molar-refractivity contribution < 1.29 is 9.59 Å². The lowest BCUT2D eigenvalue weighted by Gasteiger charge is -2.27. The van der Waals surface area contributed by atoms with Crippen molar-refractivity contribution in [2.45, 2.75) is 130 Å². The molecular formula is C48H60N2O2. The summed E-state index contributed by atoms with van der Waals surface area (Å²) in [4.78, 5) is 30.0. The Bertz CT molecular complexity index is 1820. The van der Waals surface area contributed by atoms with Crippen molar-refractivity contribution >= 4 is 23.2 Å². The molecule has 274 valence electrons. The average Bonchev–Trinajstić information content (AvgIpc) is 3.70. The van der Waals surface area contributed by atoms with Gasteiger partial charge in [-0.2, -0.15) is 0 Å². The molecule has 0 spiro atoms. The topological polar surface area (TPSA) is 40.6 Å². The Morgan fingerprint density at radius 3 is 0.885 bits per heavy atom. The smallest absolute Gasteiger partial charge is 0.227 e. The van der Waals surface area contributed by atoms with Crippen LogP contribution in [0.4, 0.5) is 11.4 Å². The fourth-order valence-corrected chi connectivity index (χ4v) is 7.36. The molecule has 52 heavy (non-hydrogen) atoms. The van der Waals surface area contributed by atoms with E-state index >= 15 is 0 Å². The second-order valence-electron chi connectivity index (χ2n) is 19.4. The van der Waals surface area contributed by atoms with Gasteiger partial charge >= 0.3 is 0 Å². The van der Waals surface area contributed by atoms with Crippen molar-refractivity contribution in [2.24, 2.45) is 0 Å². The number of rotatable bonds is 5. The molecule has 0 aromatic heterocycles. The maximum atomic E-state index is 13.1. The van der Waals surface area contributed by atoms with Crippen molar-refractivity contribution in [3.63, 3.8) is 0 Å². The highest BCUT2D eigenvalue weighted by Crippen LogP contribution is 2.42. The van der Waals surface area contributed by atoms with Crippen molar-refractivity contribution in [3.8, 4) is 33.4 Å². The predicted molar refractivity (Wildman–Crippen MR) is 221 cm³/mol. The zero-order valence-corrected chi connectivity index (χ0v) is 33.9. The van der Waals surface area contributed by atoms with Gasteiger partial charge in [-0.25, -0.2) is 0 Å². The van der Waals surface area contributed by atoms with E-state index < -0.39 is 0 Å². The van der Waals surface area contributed by atoms with Gasteiger partial charge in [-0.05, 0) is 127 Å². The molecule has 2 heterocycles. The number of benzene rings is 4. The van der Waals surface area contributed by atoms with Crippen LogP contribution in [0, 0.1) is 0 Å². The Morgan fingerprint density at radius 2 is 0.635 bits per heavy atom. The molecule has 4 aromatic carbocycles. The number of amides is 2. The van der Waals surface area contributed by atoms with E-state index in [-0.39, 0.29) is 33.5 Å². The first kappa shape index (κ1) is 37.6. The first-order valence-electron chi connectivity index (χ1n) is 19.3. The number of hydrogen-bond donors (Lipinski definition) is 0. The van der Waals surface area contributed by atoms with Crippen LogP contribution < -0.4 is 9.80 Å². The van der Waals surface area contributed by atoms with Crippen LogP contribution in [-0.2, 0) is 31.2 Å². The van der Waals surface area contributed by atoms with E-state index in [1.165, 1.54) is 33.4 Å². The summed E-state index contributed by atoms with van der Waals surface area (Å²) >= 11 is 0. The first-order valence-corrected chi connectivity index (χ1v) is 19.3. The molecule has 6 rings (SSSR count). The Labute approximate surface area is 313 Å². The molecule has 4 heteroatoms. The van der Waals surface area contributed by atoms with Crippen LogP contribution in [-0.4, -0.2) is 24.9 Å². The number of carbonyl (C=O) groups excluding carboxylic acids is 2. The number of anilines is 2. The third-order valence-corrected chi connectivity index (χ3v) is 10.9. The summed E-state index contributed by atoms with van der Waals surface area (Å²) in [5, 5.41) is 0. The molecule has 0 saturated carbocycles. The minimum atomic E-state index is -0.0210. The van der Waals surface area contributed by atoms with Gasteiger partial charge in [-0.15, -0.1) is 0 Å². The lowest BCUT2D eigenvalue weighted by Crippen LogP contribution is -2.26. The van der Waals surface area contributed by atoms with E-state index in [0.29, 0.717) is 25.9 Å². The van der Waals surface area contributed by atoms with Gasteiger partial charge in [0.05, 0.1) is 0 Å². The summed E-state index contributed by atoms with van der Waals surface area (Å²) < 4.78 is 0. The lowest BCUT2D eigenvalue weighted by molar-refractivity contribution is -0.117. The Balaban J connectivity index is 1.66. The highest BCUT2D eigenvalue weighted by atomic mass is 16.2. The van der Waals surface area contributed by atoms with Crippen molar-refractivity contribution in [3.05, 3.63) is 95.1 Å². The second-order valence-corrected chi connectivity index (χ2v) is 19.4. The minimum absolute atomic E-state index is 0.0210. The Morgan fingerprint density at radius 1 is 0.365 bits per heavy atom. The van der Waals surface area contributed by atoms with E-state index in [0.717, 1.165) is 46.5 Å². The van der Waals surface area contributed by atoms with E-state index in [4.69, 9.17) is 0 Å². The van der Waals surface area contributed by atoms with Gasteiger partial charge in [0.15, 0.2) is 0 Å². The largest absolute Gasteiger partial charge is 0.312 e. The lowest BCUT2D eigenvalue weighted by atomic mass is 9.78. The fourth-order valence-electron chi connectivity index (χ4n) is 7.36. The SMILES string of the molecule is CC(C)(C)c1cc(-c2cc(-c3cc(N4CCCC4=O)cc(N4CCCC4=O)c3)cc(-c3cc(C(C)(C)C)cc(C(C)(C)C)c3)c2)cc(C(C)(C)C)c1. The molecule has 4 nitrogen and oxygen atoms in total. The standard InChI is InChI=1S/C48H60N2O2/c1-45(2,3)37-22-34(23-38(28-37)46(4,5)6)31-19-32(35-24-39(47(7,8)9)29-40(25-35)48(10,11)12)21-33(20-31)36-26-41(49-17-13-15-43(49)51)30-42(27-36)50-18-14-16-44(50)52/h19-30H,13-18H2,1-12H3. The second kappa shape index (κ2) is 13.3. The normalized spacial score (nSPS) is 16.0. The van der Waals surface area contributed by atoms with Gasteiger partial charge in [0, 0.05) is 37.3 Å². The first-order chi connectivity index (χ1) is 24.1.